The van der Waals surface area contributed by atoms with Crippen LogP contribution in [0.4, 0.5) is 0 Å². The fourth-order valence-electron chi connectivity index (χ4n) is 2.73. The number of rotatable bonds is 8. The molecule has 6 nitrogen and oxygen atoms in total. The minimum Gasteiger partial charge on any atom is -0.379 e. The Morgan fingerprint density at radius 1 is 1.17 bits per heavy atom. The maximum absolute atomic E-state index is 5.47. The van der Waals surface area contributed by atoms with Crippen LogP contribution >= 0.6 is 24.0 Å². The van der Waals surface area contributed by atoms with Gasteiger partial charge in [0.1, 0.15) is 0 Å². The molecule has 0 amide bonds. The van der Waals surface area contributed by atoms with E-state index in [2.05, 4.69) is 60.2 Å². The highest BCUT2D eigenvalue weighted by Gasteiger charge is 2.23. The van der Waals surface area contributed by atoms with Gasteiger partial charge in [0.15, 0.2) is 5.96 Å². The lowest BCUT2D eigenvalue weighted by Crippen LogP contribution is -2.53. The number of aliphatic imine (C=N–C) groups is 1. The number of likely N-dealkylation sites (N-methyl/N-ethyl adjacent to an activating group) is 1. The third kappa shape index (κ3) is 8.82. The second-order valence-corrected chi connectivity index (χ2v) is 6.91. The van der Waals surface area contributed by atoms with Crippen molar-refractivity contribution in [2.75, 3.05) is 60.0 Å². The molecule has 7 heteroatoms. The molecule has 1 fully saturated rings. The lowest BCUT2D eigenvalue weighted by atomic mass is 10.0. The third-order valence-electron chi connectivity index (χ3n) is 4.62. The van der Waals surface area contributed by atoms with Gasteiger partial charge in [-0.1, -0.05) is 13.8 Å². The summed E-state index contributed by atoms with van der Waals surface area (Å²) in [4.78, 5) is 9.19. The van der Waals surface area contributed by atoms with Crippen molar-refractivity contribution in [3.63, 3.8) is 0 Å². The van der Waals surface area contributed by atoms with Crippen LogP contribution in [-0.4, -0.2) is 87.9 Å². The molecule has 1 saturated heterocycles. The minimum absolute atomic E-state index is 0. The van der Waals surface area contributed by atoms with Crippen molar-refractivity contribution >= 4 is 29.9 Å². The first-order valence-electron chi connectivity index (χ1n) is 8.92. The maximum Gasteiger partial charge on any atom is 0.191 e. The number of nitrogens with zero attached hydrogens (tertiary/aromatic N) is 3. The van der Waals surface area contributed by atoms with E-state index in [4.69, 9.17) is 4.74 Å². The first-order chi connectivity index (χ1) is 11.0. The van der Waals surface area contributed by atoms with Crippen LogP contribution in [0.2, 0.25) is 0 Å². The van der Waals surface area contributed by atoms with E-state index in [0.717, 1.165) is 51.9 Å². The highest BCUT2D eigenvalue weighted by Crippen LogP contribution is 2.12. The van der Waals surface area contributed by atoms with E-state index in [0.29, 0.717) is 18.0 Å². The van der Waals surface area contributed by atoms with Crippen molar-refractivity contribution in [3.05, 3.63) is 0 Å². The Balaban J connectivity index is 0.00000529. The van der Waals surface area contributed by atoms with E-state index in [-0.39, 0.29) is 24.0 Å². The Morgan fingerprint density at radius 2 is 1.79 bits per heavy atom. The molecule has 1 unspecified atom stereocenters. The van der Waals surface area contributed by atoms with Crippen molar-refractivity contribution in [2.24, 2.45) is 10.9 Å². The average Bonchev–Trinajstić information content (AvgIpc) is 2.53. The van der Waals surface area contributed by atoms with Gasteiger partial charge >= 0.3 is 0 Å². The first kappa shape index (κ1) is 23.9. The quantitative estimate of drug-likeness (QED) is 0.330. The van der Waals surface area contributed by atoms with Crippen molar-refractivity contribution in [1.29, 1.82) is 0 Å². The van der Waals surface area contributed by atoms with Gasteiger partial charge in [0.05, 0.1) is 13.2 Å². The Kier molecular flexibility index (Phi) is 13.1. The van der Waals surface area contributed by atoms with E-state index in [1.54, 1.807) is 0 Å². The number of guanidine groups is 1. The molecule has 0 spiro atoms. The van der Waals surface area contributed by atoms with Crippen LogP contribution in [0.1, 0.15) is 27.7 Å². The van der Waals surface area contributed by atoms with Gasteiger partial charge in [-0.05, 0) is 26.8 Å². The first-order valence-corrected chi connectivity index (χ1v) is 8.92. The molecule has 1 rings (SSSR count). The SMILES string of the molecule is CN=C(NCCN(C)C(C)C)NCC(C(C)C)N1CCOCC1.I. The Labute approximate surface area is 165 Å². The second kappa shape index (κ2) is 13.1. The molecule has 0 saturated carbocycles. The summed E-state index contributed by atoms with van der Waals surface area (Å²) < 4.78 is 5.47. The largest absolute Gasteiger partial charge is 0.379 e. The fourth-order valence-corrected chi connectivity index (χ4v) is 2.73. The predicted octanol–water partition coefficient (Wildman–Crippen LogP) is 1.47. The Hall–Kier alpha value is -0.120. The molecular weight excluding hydrogens is 417 g/mol. The summed E-state index contributed by atoms with van der Waals surface area (Å²) in [5, 5.41) is 6.90. The second-order valence-electron chi connectivity index (χ2n) is 6.91. The molecule has 0 aliphatic carbocycles. The van der Waals surface area contributed by atoms with Gasteiger partial charge in [-0.3, -0.25) is 9.89 Å². The zero-order valence-corrected chi connectivity index (χ0v) is 18.7. The van der Waals surface area contributed by atoms with Gasteiger partial charge in [-0.15, -0.1) is 24.0 Å². The summed E-state index contributed by atoms with van der Waals surface area (Å²) in [5.41, 5.74) is 0. The Morgan fingerprint density at radius 3 is 2.29 bits per heavy atom. The molecule has 0 aromatic heterocycles. The molecule has 0 bridgehead atoms. The molecular formula is C17H38IN5O. The molecule has 24 heavy (non-hydrogen) atoms. The number of hydrogen-bond donors (Lipinski definition) is 2. The number of halogens is 1. The number of morpholine rings is 1. The van der Waals surface area contributed by atoms with Crippen molar-refractivity contribution < 1.29 is 4.74 Å². The minimum atomic E-state index is 0. The highest BCUT2D eigenvalue weighted by molar-refractivity contribution is 14.0. The van der Waals surface area contributed by atoms with Crippen LogP contribution in [-0.2, 0) is 4.74 Å². The van der Waals surface area contributed by atoms with Crippen LogP contribution in [0.15, 0.2) is 4.99 Å². The molecule has 0 radical (unpaired) electrons. The third-order valence-corrected chi connectivity index (χ3v) is 4.62. The number of ether oxygens (including phenoxy) is 1. The topological polar surface area (TPSA) is 52.1 Å². The number of nitrogens with one attached hydrogen (secondary N) is 2. The number of hydrogen-bond acceptors (Lipinski definition) is 4. The van der Waals surface area contributed by atoms with Crippen LogP contribution in [0.3, 0.4) is 0 Å². The fraction of sp³-hybridized carbons (Fsp3) is 0.941. The lowest BCUT2D eigenvalue weighted by molar-refractivity contribution is 0.00752. The van der Waals surface area contributed by atoms with Gasteiger partial charge in [0.25, 0.3) is 0 Å². The summed E-state index contributed by atoms with van der Waals surface area (Å²) in [5.74, 6) is 1.49. The van der Waals surface area contributed by atoms with Crippen LogP contribution in [0.5, 0.6) is 0 Å². The van der Waals surface area contributed by atoms with E-state index in [1.807, 2.05) is 7.05 Å². The summed E-state index contributed by atoms with van der Waals surface area (Å²) in [6.45, 7) is 15.6. The van der Waals surface area contributed by atoms with Crippen molar-refractivity contribution in [1.82, 2.24) is 20.4 Å². The molecule has 1 aliphatic heterocycles. The van der Waals surface area contributed by atoms with Gasteiger partial charge in [0, 0.05) is 51.9 Å². The molecule has 0 aromatic rings. The standard InChI is InChI=1S/C17H37N5O.HI/c1-14(2)16(22-9-11-23-12-10-22)13-20-17(18-5)19-7-8-21(6)15(3)4;/h14-16H,7-13H2,1-6H3,(H2,18,19,20);1H. The average molecular weight is 455 g/mol. The van der Waals surface area contributed by atoms with E-state index in [1.165, 1.54) is 0 Å². The summed E-state index contributed by atoms with van der Waals surface area (Å²) in [6.07, 6.45) is 0. The van der Waals surface area contributed by atoms with Crippen LogP contribution < -0.4 is 10.6 Å². The zero-order valence-electron chi connectivity index (χ0n) is 16.3. The predicted molar refractivity (Wildman–Crippen MR) is 114 cm³/mol. The van der Waals surface area contributed by atoms with Gasteiger partial charge in [-0.2, -0.15) is 0 Å². The normalized spacial score (nSPS) is 18.0. The highest BCUT2D eigenvalue weighted by atomic mass is 127. The van der Waals surface area contributed by atoms with Gasteiger partial charge < -0.3 is 20.3 Å². The Bertz CT molecular complexity index is 346. The van der Waals surface area contributed by atoms with E-state index in [9.17, 15) is 0 Å². The molecule has 2 N–H and O–H groups in total. The van der Waals surface area contributed by atoms with E-state index >= 15 is 0 Å². The molecule has 1 aliphatic rings. The van der Waals surface area contributed by atoms with Crippen molar-refractivity contribution in [2.45, 2.75) is 39.8 Å². The maximum atomic E-state index is 5.47. The van der Waals surface area contributed by atoms with Crippen LogP contribution in [0.25, 0.3) is 0 Å². The lowest BCUT2D eigenvalue weighted by Gasteiger charge is -2.37. The molecule has 0 aromatic carbocycles. The monoisotopic (exact) mass is 455 g/mol. The summed E-state index contributed by atoms with van der Waals surface area (Å²) >= 11 is 0. The van der Waals surface area contributed by atoms with Crippen LogP contribution in [0, 0.1) is 5.92 Å². The summed E-state index contributed by atoms with van der Waals surface area (Å²) in [7, 11) is 3.98. The smallest absolute Gasteiger partial charge is 0.191 e. The molecule has 1 heterocycles. The zero-order chi connectivity index (χ0) is 17.2. The molecule has 1 atom stereocenters. The van der Waals surface area contributed by atoms with Crippen molar-refractivity contribution in [3.8, 4) is 0 Å². The van der Waals surface area contributed by atoms with Gasteiger partial charge in [-0.25, -0.2) is 0 Å². The molecule has 144 valence electrons. The summed E-state index contributed by atoms with van der Waals surface area (Å²) in [6, 6.07) is 1.08. The van der Waals surface area contributed by atoms with E-state index < -0.39 is 0 Å². The van der Waals surface area contributed by atoms with Gasteiger partial charge in [0.2, 0.25) is 0 Å².